The molecule has 0 aliphatic heterocycles. The molecule has 0 atom stereocenters. The van der Waals surface area contributed by atoms with Crippen molar-refractivity contribution in [1.29, 1.82) is 0 Å². The lowest BCUT2D eigenvalue weighted by Crippen LogP contribution is -2.32. The van der Waals surface area contributed by atoms with E-state index in [1.807, 2.05) is 13.8 Å². The van der Waals surface area contributed by atoms with Gasteiger partial charge in [0.05, 0.1) is 19.1 Å². The summed E-state index contributed by atoms with van der Waals surface area (Å²) in [7, 11) is 0. The number of hydrogen-bond acceptors (Lipinski definition) is 4. The summed E-state index contributed by atoms with van der Waals surface area (Å²) >= 11 is 0. The second-order valence-electron chi connectivity index (χ2n) is 4.33. The molecule has 0 bridgehead atoms. The second-order valence-corrected chi connectivity index (χ2v) is 4.33. The number of esters is 1. The maximum absolute atomic E-state index is 11.4. The van der Waals surface area contributed by atoms with E-state index in [0.717, 1.165) is 6.42 Å². The van der Waals surface area contributed by atoms with Crippen LogP contribution in [0.3, 0.4) is 0 Å². The molecule has 0 saturated heterocycles. The van der Waals surface area contributed by atoms with E-state index in [4.69, 9.17) is 9.47 Å². The van der Waals surface area contributed by atoms with Gasteiger partial charge in [-0.3, -0.25) is 9.59 Å². The van der Waals surface area contributed by atoms with Crippen LogP contribution < -0.4 is 0 Å². The van der Waals surface area contributed by atoms with Crippen molar-refractivity contribution in [3.05, 3.63) is 0 Å². The van der Waals surface area contributed by atoms with Crippen LogP contribution in [0.2, 0.25) is 0 Å². The summed E-state index contributed by atoms with van der Waals surface area (Å²) < 4.78 is 10.2. The predicted octanol–water partition coefficient (Wildman–Crippen LogP) is 1.60. The van der Waals surface area contributed by atoms with Gasteiger partial charge in [-0.2, -0.15) is 0 Å². The van der Waals surface area contributed by atoms with E-state index in [1.165, 1.54) is 6.92 Å². The number of hydrogen-bond donors (Lipinski definition) is 0. The molecule has 0 fully saturated rings. The summed E-state index contributed by atoms with van der Waals surface area (Å²) in [6.07, 6.45) is 1.23. The molecule has 0 rings (SSSR count). The highest BCUT2D eigenvalue weighted by Gasteiger charge is 2.11. The summed E-state index contributed by atoms with van der Waals surface area (Å²) in [5, 5.41) is 0. The van der Waals surface area contributed by atoms with E-state index in [2.05, 4.69) is 0 Å². The van der Waals surface area contributed by atoms with E-state index >= 15 is 0 Å². The lowest BCUT2D eigenvalue weighted by atomic mass is 10.3. The van der Waals surface area contributed by atoms with Crippen LogP contribution in [0.25, 0.3) is 0 Å². The monoisotopic (exact) mass is 259 g/mol. The molecule has 0 aliphatic rings. The van der Waals surface area contributed by atoms with Crippen LogP contribution >= 0.6 is 0 Å². The first-order valence-electron chi connectivity index (χ1n) is 6.50. The Hall–Kier alpha value is -1.10. The average Bonchev–Trinajstić information content (AvgIpc) is 2.27. The number of carbonyl (C=O) groups is 2. The lowest BCUT2D eigenvalue weighted by molar-refractivity contribution is -0.144. The summed E-state index contributed by atoms with van der Waals surface area (Å²) in [6.45, 7) is 9.25. The van der Waals surface area contributed by atoms with Crippen LogP contribution in [0.5, 0.6) is 0 Å². The standard InChI is InChI=1S/C13H25NO4/c1-5-17-13(16)7-9-14(12(4)15)8-6-10-18-11(2)3/h11H,5-10H2,1-4H3. The summed E-state index contributed by atoms with van der Waals surface area (Å²) in [4.78, 5) is 24.2. The Morgan fingerprint density at radius 1 is 1.22 bits per heavy atom. The predicted molar refractivity (Wildman–Crippen MR) is 69.2 cm³/mol. The van der Waals surface area contributed by atoms with E-state index < -0.39 is 0 Å². The van der Waals surface area contributed by atoms with Crippen LogP contribution in [-0.4, -0.2) is 49.2 Å². The fourth-order valence-corrected chi connectivity index (χ4v) is 1.46. The molecule has 0 heterocycles. The molecule has 0 aromatic heterocycles. The van der Waals surface area contributed by atoms with Gasteiger partial charge in [0.2, 0.25) is 5.91 Å². The van der Waals surface area contributed by atoms with Crippen molar-refractivity contribution >= 4 is 11.9 Å². The maximum atomic E-state index is 11.4. The number of amides is 1. The zero-order valence-electron chi connectivity index (χ0n) is 11.9. The van der Waals surface area contributed by atoms with Crippen molar-refractivity contribution in [2.45, 2.75) is 46.6 Å². The maximum Gasteiger partial charge on any atom is 0.307 e. The lowest BCUT2D eigenvalue weighted by Gasteiger charge is -2.20. The smallest absolute Gasteiger partial charge is 0.307 e. The normalized spacial score (nSPS) is 10.5. The highest BCUT2D eigenvalue weighted by Crippen LogP contribution is 1.99. The number of carbonyl (C=O) groups excluding carboxylic acids is 2. The Balaban J connectivity index is 3.86. The zero-order chi connectivity index (χ0) is 14.0. The van der Waals surface area contributed by atoms with Crippen molar-refractivity contribution in [3.8, 4) is 0 Å². The van der Waals surface area contributed by atoms with Crippen LogP contribution in [0, 0.1) is 0 Å². The molecule has 5 nitrogen and oxygen atoms in total. The average molecular weight is 259 g/mol. The van der Waals surface area contributed by atoms with E-state index in [-0.39, 0.29) is 24.4 Å². The van der Waals surface area contributed by atoms with Crippen molar-refractivity contribution in [2.24, 2.45) is 0 Å². The quantitative estimate of drug-likeness (QED) is 0.466. The topological polar surface area (TPSA) is 55.8 Å². The highest BCUT2D eigenvalue weighted by atomic mass is 16.5. The molecule has 106 valence electrons. The van der Waals surface area contributed by atoms with Crippen LogP contribution in [0.15, 0.2) is 0 Å². The fourth-order valence-electron chi connectivity index (χ4n) is 1.46. The number of rotatable bonds is 9. The molecule has 5 heteroatoms. The first-order valence-corrected chi connectivity index (χ1v) is 6.50. The van der Waals surface area contributed by atoms with Crippen molar-refractivity contribution in [2.75, 3.05) is 26.3 Å². The van der Waals surface area contributed by atoms with E-state index in [1.54, 1.807) is 11.8 Å². The Kier molecular flexibility index (Phi) is 9.28. The molecule has 0 saturated carbocycles. The van der Waals surface area contributed by atoms with Gasteiger partial charge in [0.15, 0.2) is 0 Å². The largest absolute Gasteiger partial charge is 0.466 e. The highest BCUT2D eigenvalue weighted by molar-refractivity contribution is 5.74. The third kappa shape index (κ3) is 8.98. The molecular formula is C13H25NO4. The van der Waals surface area contributed by atoms with Crippen molar-refractivity contribution in [1.82, 2.24) is 4.90 Å². The summed E-state index contributed by atoms with van der Waals surface area (Å²) in [5.41, 5.74) is 0. The van der Waals surface area contributed by atoms with Gasteiger partial charge in [0.25, 0.3) is 0 Å². The first-order chi connectivity index (χ1) is 8.47. The Morgan fingerprint density at radius 3 is 2.39 bits per heavy atom. The molecule has 0 unspecified atom stereocenters. The van der Waals surface area contributed by atoms with Crippen molar-refractivity contribution < 1.29 is 19.1 Å². The molecule has 0 aliphatic carbocycles. The van der Waals surface area contributed by atoms with Gasteiger partial charge in [-0.1, -0.05) is 0 Å². The SMILES string of the molecule is CCOC(=O)CCN(CCCOC(C)C)C(C)=O. The van der Waals surface area contributed by atoms with Crippen LogP contribution in [-0.2, 0) is 19.1 Å². The zero-order valence-corrected chi connectivity index (χ0v) is 11.9. The number of ether oxygens (including phenoxy) is 2. The summed E-state index contributed by atoms with van der Waals surface area (Å²) in [5.74, 6) is -0.286. The van der Waals surface area contributed by atoms with Gasteiger partial charge in [0.1, 0.15) is 0 Å². The van der Waals surface area contributed by atoms with Gasteiger partial charge in [0, 0.05) is 26.6 Å². The van der Waals surface area contributed by atoms with Gasteiger partial charge in [-0.05, 0) is 27.2 Å². The van der Waals surface area contributed by atoms with Gasteiger partial charge in [-0.15, -0.1) is 0 Å². The minimum atomic E-state index is -0.262. The third-order valence-electron chi connectivity index (χ3n) is 2.36. The van der Waals surface area contributed by atoms with E-state index in [9.17, 15) is 9.59 Å². The summed E-state index contributed by atoms with van der Waals surface area (Å²) in [6, 6.07) is 0. The molecule has 0 spiro atoms. The molecule has 1 amide bonds. The van der Waals surface area contributed by atoms with Gasteiger partial charge < -0.3 is 14.4 Å². The molecule has 0 aromatic rings. The second kappa shape index (κ2) is 9.88. The molecular weight excluding hydrogens is 234 g/mol. The minimum Gasteiger partial charge on any atom is -0.466 e. The molecule has 0 aromatic carbocycles. The first kappa shape index (κ1) is 16.9. The van der Waals surface area contributed by atoms with Gasteiger partial charge in [-0.25, -0.2) is 0 Å². The Labute approximate surface area is 109 Å². The number of nitrogens with zero attached hydrogens (tertiary/aromatic N) is 1. The van der Waals surface area contributed by atoms with Crippen LogP contribution in [0.4, 0.5) is 0 Å². The third-order valence-corrected chi connectivity index (χ3v) is 2.36. The molecule has 0 radical (unpaired) electrons. The Morgan fingerprint density at radius 2 is 1.89 bits per heavy atom. The van der Waals surface area contributed by atoms with E-state index in [0.29, 0.717) is 26.3 Å². The van der Waals surface area contributed by atoms with Crippen molar-refractivity contribution in [3.63, 3.8) is 0 Å². The van der Waals surface area contributed by atoms with Gasteiger partial charge >= 0.3 is 5.97 Å². The van der Waals surface area contributed by atoms with Crippen LogP contribution in [0.1, 0.15) is 40.5 Å². The molecule has 0 N–H and O–H groups in total. The fraction of sp³-hybridized carbons (Fsp3) is 0.846. The minimum absolute atomic E-state index is 0.0242. The molecule has 18 heavy (non-hydrogen) atoms. The Bertz CT molecular complexity index is 253.